The molecular weight excluding hydrogens is 306 g/mol. The number of amides is 1. The molecular formula is C15H20BrNO2. The zero-order chi connectivity index (χ0) is 14.0. The molecule has 104 valence electrons. The highest BCUT2D eigenvalue weighted by molar-refractivity contribution is 9.10. The van der Waals surface area contributed by atoms with Gasteiger partial charge >= 0.3 is 0 Å². The topological polar surface area (TPSA) is 49.3 Å². The lowest BCUT2D eigenvalue weighted by atomic mass is 9.93. The first kappa shape index (κ1) is 14.4. The molecule has 0 radical (unpaired) electrons. The van der Waals surface area contributed by atoms with Gasteiger partial charge in [-0.3, -0.25) is 4.79 Å². The third kappa shape index (κ3) is 3.11. The summed E-state index contributed by atoms with van der Waals surface area (Å²) >= 11 is 3.32. The van der Waals surface area contributed by atoms with Crippen molar-refractivity contribution in [1.82, 2.24) is 5.32 Å². The molecule has 0 aliphatic heterocycles. The third-order valence-corrected chi connectivity index (χ3v) is 4.76. The van der Waals surface area contributed by atoms with Crippen LogP contribution < -0.4 is 5.32 Å². The second-order valence-electron chi connectivity index (χ2n) is 5.35. The van der Waals surface area contributed by atoms with Crippen molar-refractivity contribution in [2.75, 3.05) is 0 Å². The summed E-state index contributed by atoms with van der Waals surface area (Å²) in [6.07, 6.45) is 3.36. The van der Waals surface area contributed by atoms with Crippen molar-refractivity contribution in [3.05, 3.63) is 28.2 Å². The molecule has 19 heavy (non-hydrogen) atoms. The Bertz CT molecular complexity index is 475. The predicted molar refractivity (Wildman–Crippen MR) is 79.2 cm³/mol. The van der Waals surface area contributed by atoms with Gasteiger partial charge in [0.1, 0.15) is 5.75 Å². The van der Waals surface area contributed by atoms with E-state index in [1.54, 1.807) is 12.1 Å². The largest absolute Gasteiger partial charge is 0.507 e. The van der Waals surface area contributed by atoms with E-state index >= 15 is 0 Å². The minimum absolute atomic E-state index is 0.0263. The van der Waals surface area contributed by atoms with Gasteiger partial charge in [-0.1, -0.05) is 36.2 Å². The van der Waals surface area contributed by atoms with Gasteiger partial charge in [0.05, 0.1) is 5.56 Å². The molecule has 1 aromatic carbocycles. The number of hydrogen-bond acceptors (Lipinski definition) is 2. The quantitative estimate of drug-likeness (QED) is 0.890. The Morgan fingerprint density at radius 1 is 1.47 bits per heavy atom. The van der Waals surface area contributed by atoms with E-state index in [9.17, 15) is 9.90 Å². The molecule has 1 aliphatic rings. The maximum atomic E-state index is 12.2. The number of nitrogens with one attached hydrogen (secondary N) is 1. The molecule has 3 atom stereocenters. The predicted octanol–water partition coefficient (Wildman–Crippen LogP) is 3.71. The average Bonchev–Trinajstić information content (AvgIpc) is 2.73. The number of carbonyl (C=O) groups is 1. The normalized spacial score (nSPS) is 26.4. The van der Waals surface area contributed by atoms with E-state index < -0.39 is 0 Å². The van der Waals surface area contributed by atoms with Crippen LogP contribution in [-0.2, 0) is 0 Å². The van der Waals surface area contributed by atoms with Crippen LogP contribution in [0.3, 0.4) is 0 Å². The Balaban J connectivity index is 2.07. The molecule has 3 unspecified atom stereocenters. The van der Waals surface area contributed by atoms with Crippen LogP contribution in [0.4, 0.5) is 0 Å². The molecule has 1 saturated carbocycles. The van der Waals surface area contributed by atoms with E-state index in [0.29, 0.717) is 17.4 Å². The van der Waals surface area contributed by atoms with E-state index in [-0.39, 0.29) is 17.7 Å². The van der Waals surface area contributed by atoms with Crippen LogP contribution >= 0.6 is 15.9 Å². The zero-order valence-corrected chi connectivity index (χ0v) is 12.9. The molecule has 0 saturated heterocycles. The van der Waals surface area contributed by atoms with Crippen molar-refractivity contribution in [1.29, 1.82) is 0 Å². The van der Waals surface area contributed by atoms with E-state index in [1.807, 2.05) is 0 Å². The Morgan fingerprint density at radius 3 is 2.84 bits per heavy atom. The monoisotopic (exact) mass is 325 g/mol. The fourth-order valence-electron chi connectivity index (χ4n) is 2.96. The zero-order valence-electron chi connectivity index (χ0n) is 11.3. The van der Waals surface area contributed by atoms with E-state index in [1.165, 1.54) is 12.5 Å². The van der Waals surface area contributed by atoms with Crippen molar-refractivity contribution >= 4 is 21.8 Å². The molecule has 1 aromatic rings. The summed E-state index contributed by atoms with van der Waals surface area (Å²) in [6, 6.07) is 5.13. The molecule has 1 aliphatic carbocycles. The number of halogens is 1. The van der Waals surface area contributed by atoms with Gasteiger partial charge in [0, 0.05) is 10.5 Å². The Labute approximate surface area is 122 Å². The first-order valence-corrected chi connectivity index (χ1v) is 7.61. The smallest absolute Gasteiger partial charge is 0.255 e. The first-order valence-electron chi connectivity index (χ1n) is 6.82. The Kier molecular flexibility index (Phi) is 4.50. The third-order valence-electron chi connectivity index (χ3n) is 4.27. The van der Waals surface area contributed by atoms with Crippen LogP contribution in [0.25, 0.3) is 0 Å². The number of hydrogen-bond donors (Lipinski definition) is 2. The van der Waals surface area contributed by atoms with Crippen LogP contribution in [0, 0.1) is 11.8 Å². The lowest BCUT2D eigenvalue weighted by Gasteiger charge is -2.21. The van der Waals surface area contributed by atoms with Gasteiger partial charge in [-0.2, -0.15) is 0 Å². The lowest BCUT2D eigenvalue weighted by molar-refractivity contribution is 0.0924. The molecule has 1 fully saturated rings. The number of benzene rings is 1. The fraction of sp³-hybridized carbons (Fsp3) is 0.533. The molecule has 1 amide bonds. The second-order valence-corrected chi connectivity index (χ2v) is 6.26. The minimum Gasteiger partial charge on any atom is -0.507 e. The highest BCUT2D eigenvalue weighted by atomic mass is 79.9. The number of phenolic OH excluding ortho intramolecular Hbond substituents is 1. The standard InChI is InChI=1S/C15H20BrNO2/c1-3-10-4-6-13(9(10)2)17-15(19)12-8-11(16)5-7-14(12)18/h5,7-10,13,18H,3-4,6H2,1-2H3,(H,17,19). The van der Waals surface area contributed by atoms with E-state index in [4.69, 9.17) is 0 Å². The Morgan fingerprint density at radius 2 is 2.21 bits per heavy atom. The van der Waals surface area contributed by atoms with Crippen molar-refractivity contribution in [2.45, 2.75) is 39.2 Å². The van der Waals surface area contributed by atoms with Crippen molar-refractivity contribution in [3.8, 4) is 5.75 Å². The number of carbonyl (C=O) groups excluding carboxylic acids is 1. The van der Waals surface area contributed by atoms with Gasteiger partial charge < -0.3 is 10.4 Å². The molecule has 2 N–H and O–H groups in total. The number of aromatic hydroxyl groups is 1. The summed E-state index contributed by atoms with van der Waals surface area (Å²) in [5.74, 6) is 1.04. The summed E-state index contributed by atoms with van der Waals surface area (Å²) < 4.78 is 0.793. The van der Waals surface area contributed by atoms with Gasteiger partial charge in [-0.05, 0) is 42.9 Å². The second kappa shape index (κ2) is 5.95. The van der Waals surface area contributed by atoms with Crippen molar-refractivity contribution in [3.63, 3.8) is 0 Å². The minimum atomic E-state index is -0.188. The van der Waals surface area contributed by atoms with Gasteiger partial charge in [-0.15, -0.1) is 0 Å². The maximum absolute atomic E-state index is 12.2. The number of phenols is 1. The summed E-state index contributed by atoms with van der Waals surface area (Å²) in [4.78, 5) is 12.2. The van der Waals surface area contributed by atoms with Crippen LogP contribution in [0.2, 0.25) is 0 Å². The van der Waals surface area contributed by atoms with Crippen molar-refractivity contribution < 1.29 is 9.90 Å². The SMILES string of the molecule is CCC1CCC(NC(=O)c2cc(Br)ccc2O)C1C. The van der Waals surface area contributed by atoms with Crippen molar-refractivity contribution in [2.24, 2.45) is 11.8 Å². The van der Waals surface area contributed by atoms with Crippen LogP contribution in [-0.4, -0.2) is 17.1 Å². The molecule has 0 spiro atoms. The highest BCUT2D eigenvalue weighted by Gasteiger charge is 2.32. The van der Waals surface area contributed by atoms with E-state index in [2.05, 4.69) is 35.1 Å². The molecule has 2 rings (SSSR count). The molecule has 0 bridgehead atoms. The molecule has 4 heteroatoms. The number of rotatable bonds is 3. The molecule has 0 aromatic heterocycles. The summed E-state index contributed by atoms with van der Waals surface area (Å²) in [7, 11) is 0. The van der Waals surface area contributed by atoms with Crippen LogP contribution in [0.5, 0.6) is 5.75 Å². The summed E-state index contributed by atoms with van der Waals surface area (Å²) in [5.41, 5.74) is 0.335. The van der Waals surface area contributed by atoms with E-state index in [0.717, 1.165) is 17.3 Å². The fourth-order valence-corrected chi connectivity index (χ4v) is 3.32. The van der Waals surface area contributed by atoms with Crippen LogP contribution in [0.1, 0.15) is 43.5 Å². The lowest BCUT2D eigenvalue weighted by Crippen LogP contribution is -2.37. The first-order chi connectivity index (χ1) is 9.02. The average molecular weight is 326 g/mol. The maximum Gasteiger partial charge on any atom is 0.255 e. The van der Waals surface area contributed by atoms with Gasteiger partial charge in [-0.25, -0.2) is 0 Å². The molecule has 3 nitrogen and oxygen atoms in total. The van der Waals surface area contributed by atoms with Gasteiger partial charge in [0.25, 0.3) is 5.91 Å². The highest BCUT2D eigenvalue weighted by Crippen LogP contribution is 2.34. The summed E-state index contributed by atoms with van der Waals surface area (Å²) in [5, 5.41) is 12.8. The molecule has 0 heterocycles. The van der Waals surface area contributed by atoms with Gasteiger partial charge in [0.15, 0.2) is 0 Å². The summed E-state index contributed by atoms with van der Waals surface area (Å²) in [6.45, 7) is 4.40. The van der Waals surface area contributed by atoms with Gasteiger partial charge in [0.2, 0.25) is 0 Å². The van der Waals surface area contributed by atoms with Crippen LogP contribution in [0.15, 0.2) is 22.7 Å². The Hall–Kier alpha value is -1.03.